The molecule has 1 aromatic heterocycles. The first-order chi connectivity index (χ1) is 11.9. The zero-order valence-corrected chi connectivity index (χ0v) is 14.3. The highest BCUT2D eigenvalue weighted by Crippen LogP contribution is 2.21. The fraction of sp³-hybridized carbons (Fsp3) is 0.444. The molecule has 2 heterocycles. The number of likely N-dealkylation sites (tertiary alicyclic amines) is 1. The number of aliphatic carboxylic acids is 1. The average molecular weight is 343 g/mol. The number of carboxylic acids is 1. The molecule has 2 aromatic rings. The van der Waals surface area contributed by atoms with E-state index in [9.17, 15) is 14.4 Å². The van der Waals surface area contributed by atoms with Gasteiger partial charge >= 0.3 is 5.97 Å². The molecule has 0 aliphatic carbocycles. The number of rotatable bonds is 3. The Hall–Kier alpha value is -2.70. The summed E-state index contributed by atoms with van der Waals surface area (Å²) in [6.45, 7) is 4.45. The molecule has 25 heavy (non-hydrogen) atoms. The standard InChI is InChI=1S/C18H21N3O4/c1-11(2)21-16(22)14-6-4-3-5-13(14)15(19-21)17(23)20-9-7-12(8-10-20)18(24)25/h3-6,11-12H,7-10H2,1-2H3,(H,24,25). The highest BCUT2D eigenvalue weighted by Gasteiger charge is 2.29. The number of carbonyl (C=O) groups is 2. The van der Waals surface area contributed by atoms with Gasteiger partial charge in [-0.3, -0.25) is 14.4 Å². The van der Waals surface area contributed by atoms with E-state index in [1.807, 2.05) is 13.8 Å². The van der Waals surface area contributed by atoms with E-state index in [1.54, 1.807) is 29.2 Å². The first-order valence-corrected chi connectivity index (χ1v) is 8.43. The molecular formula is C18H21N3O4. The Balaban J connectivity index is 2.01. The van der Waals surface area contributed by atoms with Crippen LogP contribution in [0.2, 0.25) is 0 Å². The fourth-order valence-corrected chi connectivity index (χ4v) is 3.19. The Morgan fingerprint density at radius 2 is 1.76 bits per heavy atom. The van der Waals surface area contributed by atoms with E-state index >= 15 is 0 Å². The molecule has 1 aliphatic rings. The second-order valence-corrected chi connectivity index (χ2v) is 6.64. The van der Waals surface area contributed by atoms with Crippen LogP contribution in [-0.2, 0) is 4.79 Å². The van der Waals surface area contributed by atoms with Gasteiger partial charge in [0.05, 0.1) is 17.3 Å². The van der Waals surface area contributed by atoms with Crippen molar-refractivity contribution in [2.24, 2.45) is 5.92 Å². The van der Waals surface area contributed by atoms with Crippen molar-refractivity contribution in [3.8, 4) is 0 Å². The Morgan fingerprint density at radius 3 is 2.32 bits per heavy atom. The minimum Gasteiger partial charge on any atom is -0.481 e. The molecule has 1 amide bonds. The van der Waals surface area contributed by atoms with Gasteiger partial charge in [0, 0.05) is 18.5 Å². The molecular weight excluding hydrogens is 322 g/mol. The lowest BCUT2D eigenvalue weighted by atomic mass is 9.96. The Morgan fingerprint density at radius 1 is 1.16 bits per heavy atom. The van der Waals surface area contributed by atoms with Gasteiger partial charge in [0.2, 0.25) is 0 Å². The Bertz CT molecular complexity index is 880. The number of fused-ring (bicyclic) bond motifs is 1. The Labute approximate surface area is 144 Å². The van der Waals surface area contributed by atoms with Gasteiger partial charge in [-0.2, -0.15) is 5.10 Å². The lowest BCUT2D eigenvalue weighted by molar-refractivity contribution is -0.143. The fourth-order valence-electron chi connectivity index (χ4n) is 3.19. The molecule has 7 nitrogen and oxygen atoms in total. The van der Waals surface area contributed by atoms with Crippen LogP contribution in [0.15, 0.2) is 29.1 Å². The van der Waals surface area contributed by atoms with Crippen LogP contribution in [0.1, 0.15) is 43.2 Å². The molecule has 1 aliphatic heterocycles. The molecule has 3 rings (SSSR count). The predicted molar refractivity (Wildman–Crippen MR) is 92.7 cm³/mol. The van der Waals surface area contributed by atoms with Gasteiger partial charge in [-0.15, -0.1) is 0 Å². The number of amides is 1. The number of hydrogen-bond acceptors (Lipinski definition) is 4. The topological polar surface area (TPSA) is 92.5 Å². The molecule has 0 radical (unpaired) electrons. The maximum atomic E-state index is 13.0. The average Bonchev–Trinajstić information content (AvgIpc) is 2.61. The van der Waals surface area contributed by atoms with Crippen LogP contribution in [-0.4, -0.2) is 44.8 Å². The summed E-state index contributed by atoms with van der Waals surface area (Å²) in [5.41, 5.74) is 0.0319. The monoisotopic (exact) mass is 343 g/mol. The van der Waals surface area contributed by atoms with Gasteiger partial charge in [-0.05, 0) is 32.8 Å². The van der Waals surface area contributed by atoms with Crippen molar-refractivity contribution >= 4 is 22.6 Å². The smallest absolute Gasteiger partial charge is 0.306 e. The minimum atomic E-state index is -0.816. The van der Waals surface area contributed by atoms with Gasteiger partial charge in [0.25, 0.3) is 11.5 Å². The van der Waals surface area contributed by atoms with Gasteiger partial charge in [-0.25, -0.2) is 4.68 Å². The predicted octanol–water partition coefficient (Wildman–Crippen LogP) is 1.91. The molecule has 1 aromatic carbocycles. The van der Waals surface area contributed by atoms with E-state index in [0.717, 1.165) is 0 Å². The van der Waals surface area contributed by atoms with Gasteiger partial charge in [0.15, 0.2) is 5.69 Å². The molecule has 0 unspecified atom stereocenters. The number of carbonyl (C=O) groups excluding carboxylic acids is 1. The molecule has 1 saturated heterocycles. The van der Waals surface area contributed by atoms with Crippen LogP contribution in [0.25, 0.3) is 10.8 Å². The molecule has 7 heteroatoms. The third kappa shape index (κ3) is 3.14. The summed E-state index contributed by atoms with van der Waals surface area (Å²) < 4.78 is 1.33. The van der Waals surface area contributed by atoms with Crippen LogP contribution >= 0.6 is 0 Å². The van der Waals surface area contributed by atoms with Gasteiger partial charge < -0.3 is 10.0 Å². The molecule has 0 bridgehead atoms. The number of piperidine rings is 1. The molecule has 1 N–H and O–H groups in total. The second kappa shape index (κ2) is 6.66. The van der Waals surface area contributed by atoms with Gasteiger partial charge in [-0.1, -0.05) is 18.2 Å². The normalized spacial score (nSPS) is 15.7. The van der Waals surface area contributed by atoms with E-state index in [4.69, 9.17) is 5.11 Å². The molecule has 0 saturated carbocycles. The van der Waals surface area contributed by atoms with Crippen LogP contribution in [0, 0.1) is 5.92 Å². The zero-order valence-electron chi connectivity index (χ0n) is 14.3. The van der Waals surface area contributed by atoms with Crippen LogP contribution in [0.3, 0.4) is 0 Å². The first-order valence-electron chi connectivity index (χ1n) is 8.43. The minimum absolute atomic E-state index is 0.165. The van der Waals surface area contributed by atoms with E-state index in [-0.39, 0.29) is 23.2 Å². The van der Waals surface area contributed by atoms with E-state index in [2.05, 4.69) is 5.10 Å². The third-order valence-corrected chi connectivity index (χ3v) is 4.65. The molecule has 0 spiro atoms. The highest BCUT2D eigenvalue weighted by atomic mass is 16.4. The number of carboxylic acid groups (broad SMARTS) is 1. The van der Waals surface area contributed by atoms with Crippen molar-refractivity contribution in [1.82, 2.24) is 14.7 Å². The summed E-state index contributed by atoms with van der Waals surface area (Å²) in [6.07, 6.45) is 0.867. The molecule has 1 fully saturated rings. The van der Waals surface area contributed by atoms with E-state index in [1.165, 1.54) is 4.68 Å². The van der Waals surface area contributed by atoms with Crippen LogP contribution in [0.4, 0.5) is 0 Å². The molecule has 0 atom stereocenters. The zero-order chi connectivity index (χ0) is 18.1. The van der Waals surface area contributed by atoms with Crippen molar-refractivity contribution in [2.45, 2.75) is 32.7 Å². The van der Waals surface area contributed by atoms with Crippen molar-refractivity contribution < 1.29 is 14.7 Å². The number of nitrogens with zero attached hydrogens (tertiary/aromatic N) is 3. The summed E-state index contributed by atoms with van der Waals surface area (Å²) in [5.74, 6) is -1.48. The number of hydrogen-bond donors (Lipinski definition) is 1. The lowest BCUT2D eigenvalue weighted by Crippen LogP contribution is -2.41. The van der Waals surface area contributed by atoms with Crippen LogP contribution in [0.5, 0.6) is 0 Å². The molecule has 132 valence electrons. The quantitative estimate of drug-likeness (QED) is 0.919. The largest absolute Gasteiger partial charge is 0.481 e. The number of benzene rings is 1. The summed E-state index contributed by atoms with van der Waals surface area (Å²) in [5, 5.41) is 14.4. The van der Waals surface area contributed by atoms with Crippen molar-refractivity contribution in [2.75, 3.05) is 13.1 Å². The highest BCUT2D eigenvalue weighted by molar-refractivity contribution is 6.04. The Kier molecular flexibility index (Phi) is 4.57. The third-order valence-electron chi connectivity index (χ3n) is 4.65. The van der Waals surface area contributed by atoms with Crippen molar-refractivity contribution in [1.29, 1.82) is 0 Å². The lowest BCUT2D eigenvalue weighted by Gasteiger charge is -2.30. The van der Waals surface area contributed by atoms with E-state index in [0.29, 0.717) is 36.7 Å². The summed E-state index contributed by atoms with van der Waals surface area (Å²) in [6, 6.07) is 6.80. The second-order valence-electron chi connectivity index (χ2n) is 6.64. The summed E-state index contributed by atoms with van der Waals surface area (Å²) >= 11 is 0. The maximum Gasteiger partial charge on any atom is 0.306 e. The summed E-state index contributed by atoms with van der Waals surface area (Å²) in [4.78, 5) is 38.2. The van der Waals surface area contributed by atoms with E-state index < -0.39 is 11.9 Å². The van der Waals surface area contributed by atoms with Crippen molar-refractivity contribution in [3.63, 3.8) is 0 Å². The SMILES string of the molecule is CC(C)n1nc(C(=O)N2CCC(C(=O)O)CC2)c2ccccc2c1=O. The van der Waals surface area contributed by atoms with Crippen LogP contribution < -0.4 is 5.56 Å². The number of aromatic nitrogens is 2. The maximum absolute atomic E-state index is 13.0. The van der Waals surface area contributed by atoms with Gasteiger partial charge in [0.1, 0.15) is 0 Å². The van der Waals surface area contributed by atoms with Crippen molar-refractivity contribution in [3.05, 3.63) is 40.3 Å². The first kappa shape index (κ1) is 17.1. The summed E-state index contributed by atoms with van der Waals surface area (Å²) in [7, 11) is 0.